The van der Waals surface area contributed by atoms with Crippen LogP contribution in [0, 0.1) is 5.82 Å². The lowest BCUT2D eigenvalue weighted by atomic mass is 10.1. The number of thiazole rings is 1. The first kappa shape index (κ1) is 20.5. The topological polar surface area (TPSA) is 80.4 Å². The van der Waals surface area contributed by atoms with E-state index in [0.717, 1.165) is 17.4 Å². The van der Waals surface area contributed by atoms with E-state index in [2.05, 4.69) is 21.7 Å². The molecule has 3 aromatic rings. The lowest BCUT2D eigenvalue weighted by molar-refractivity contribution is 0.0965. The van der Waals surface area contributed by atoms with E-state index in [0.29, 0.717) is 21.8 Å². The molecule has 0 aliphatic heterocycles. The Labute approximate surface area is 163 Å². The fraction of sp³-hybridized carbons (Fsp3) is 0.111. The van der Waals surface area contributed by atoms with Gasteiger partial charge in [-0.15, -0.1) is 0 Å². The second-order valence-electron chi connectivity index (χ2n) is 4.76. The fourth-order valence-corrected chi connectivity index (χ4v) is 3.41. The van der Waals surface area contributed by atoms with E-state index in [1.54, 1.807) is 6.07 Å². The maximum absolute atomic E-state index is 13.3. The van der Waals surface area contributed by atoms with E-state index >= 15 is 0 Å². The maximum Gasteiger partial charge on any atom is 0.256 e. The number of carbonyl (C=O) groups is 1. The van der Waals surface area contributed by atoms with Crippen LogP contribution in [0.2, 0.25) is 5.28 Å². The van der Waals surface area contributed by atoms with Gasteiger partial charge in [-0.25, -0.2) is 18.9 Å². The third-order valence-corrected chi connectivity index (χ3v) is 4.52. The summed E-state index contributed by atoms with van der Waals surface area (Å²) in [6.07, 6.45) is 2.55. The first-order chi connectivity index (χ1) is 13.0. The average molecular weight is 407 g/mol. The minimum absolute atomic E-state index is 0.0222. The lowest BCUT2D eigenvalue weighted by Gasteiger charge is -2.08. The molecule has 0 saturated heterocycles. The van der Waals surface area contributed by atoms with Crippen LogP contribution >= 0.6 is 22.9 Å². The number of hydrogen-bond donors (Lipinski definition) is 1. The molecule has 6 nitrogen and oxygen atoms in total. The molecule has 2 heterocycles. The number of allylic oxidation sites excluding steroid dienone is 1. The van der Waals surface area contributed by atoms with Crippen molar-refractivity contribution in [3.05, 3.63) is 65.1 Å². The van der Waals surface area contributed by atoms with Gasteiger partial charge in [0.05, 0.1) is 16.3 Å². The van der Waals surface area contributed by atoms with Crippen LogP contribution in [0.25, 0.3) is 21.8 Å². The predicted octanol–water partition coefficient (Wildman–Crippen LogP) is 4.61. The Bertz CT molecular complexity index is 1030. The van der Waals surface area contributed by atoms with Crippen molar-refractivity contribution in [1.29, 1.82) is 0 Å². The highest BCUT2D eigenvalue weighted by atomic mass is 35.5. The molecule has 0 amide bonds. The van der Waals surface area contributed by atoms with Crippen molar-refractivity contribution in [3.8, 4) is 21.8 Å². The molecule has 0 atom stereocenters. The highest BCUT2D eigenvalue weighted by Gasteiger charge is 2.21. The number of carbonyl (C=O) groups excluding carboxylic acids is 1. The molecule has 0 aliphatic rings. The zero-order chi connectivity index (χ0) is 20.0. The lowest BCUT2D eigenvalue weighted by Crippen LogP contribution is -2.22. The molecule has 9 heteroatoms. The summed E-state index contributed by atoms with van der Waals surface area (Å²) in [5.41, 5.74) is 1.36. The number of aromatic nitrogens is 3. The molecule has 27 heavy (non-hydrogen) atoms. The van der Waals surface area contributed by atoms with Crippen molar-refractivity contribution in [2.75, 3.05) is 0 Å². The third-order valence-electron chi connectivity index (χ3n) is 3.28. The zero-order valence-corrected chi connectivity index (χ0v) is 16.1. The van der Waals surface area contributed by atoms with Crippen LogP contribution in [0.15, 0.2) is 54.3 Å². The second-order valence-corrected chi connectivity index (χ2v) is 6.07. The number of rotatable bonds is 3. The molecule has 0 radical (unpaired) electrons. The number of benzene rings is 1. The van der Waals surface area contributed by atoms with Crippen molar-refractivity contribution in [2.45, 2.75) is 13.8 Å². The SMILES string of the molecule is C=CC(=O)n1c(-c2ccc(F)cc2)c(-c2ccnc(Cl)n2)s/c1=N/O.CC. The quantitative estimate of drug-likeness (QED) is 0.298. The molecule has 0 fully saturated rings. The van der Waals surface area contributed by atoms with Crippen LogP contribution in [0.5, 0.6) is 0 Å². The normalized spacial score (nSPS) is 10.9. The first-order valence-corrected chi connectivity index (χ1v) is 9.10. The van der Waals surface area contributed by atoms with Gasteiger partial charge in [-0.1, -0.05) is 36.9 Å². The highest BCUT2D eigenvalue weighted by molar-refractivity contribution is 7.13. The summed E-state index contributed by atoms with van der Waals surface area (Å²) in [7, 11) is 0. The molecule has 0 unspecified atom stereocenters. The predicted molar refractivity (Wildman–Crippen MR) is 103 cm³/mol. The summed E-state index contributed by atoms with van der Waals surface area (Å²) in [6, 6.07) is 7.16. The number of halogens is 2. The van der Waals surface area contributed by atoms with Crippen LogP contribution in [0.3, 0.4) is 0 Å². The molecule has 0 bridgehead atoms. The van der Waals surface area contributed by atoms with Gasteiger partial charge in [0, 0.05) is 11.8 Å². The summed E-state index contributed by atoms with van der Waals surface area (Å²) >= 11 is 6.88. The van der Waals surface area contributed by atoms with Crippen molar-refractivity contribution in [3.63, 3.8) is 0 Å². The van der Waals surface area contributed by atoms with Crippen molar-refractivity contribution in [2.24, 2.45) is 5.16 Å². The Morgan fingerprint density at radius 2 is 2.00 bits per heavy atom. The summed E-state index contributed by atoms with van der Waals surface area (Å²) < 4.78 is 14.5. The monoisotopic (exact) mass is 406 g/mol. The molecule has 1 aromatic carbocycles. The van der Waals surface area contributed by atoms with Crippen LogP contribution in [0.1, 0.15) is 18.6 Å². The summed E-state index contributed by atoms with van der Waals surface area (Å²) in [4.78, 5) is 20.8. The van der Waals surface area contributed by atoms with Crippen molar-refractivity contribution < 1.29 is 14.4 Å². The Hall–Kier alpha value is -2.84. The van der Waals surface area contributed by atoms with Gasteiger partial charge in [-0.2, -0.15) is 0 Å². The van der Waals surface area contributed by atoms with Gasteiger partial charge in [-0.3, -0.25) is 4.79 Å². The number of hydrogen-bond acceptors (Lipinski definition) is 6. The zero-order valence-electron chi connectivity index (χ0n) is 14.6. The van der Waals surface area contributed by atoms with Gasteiger partial charge in [0.15, 0.2) is 0 Å². The van der Waals surface area contributed by atoms with Crippen molar-refractivity contribution in [1.82, 2.24) is 14.5 Å². The molecule has 0 aliphatic carbocycles. The second kappa shape index (κ2) is 9.20. The van der Waals surface area contributed by atoms with E-state index in [-0.39, 0.29) is 10.1 Å². The van der Waals surface area contributed by atoms with Crippen LogP contribution in [0.4, 0.5) is 4.39 Å². The van der Waals surface area contributed by atoms with Crippen molar-refractivity contribution >= 4 is 28.8 Å². The van der Waals surface area contributed by atoms with Gasteiger partial charge in [0.2, 0.25) is 10.1 Å². The van der Waals surface area contributed by atoms with Crippen LogP contribution < -0.4 is 4.80 Å². The Morgan fingerprint density at radius 1 is 1.33 bits per heavy atom. The summed E-state index contributed by atoms with van der Waals surface area (Å²) in [5.74, 6) is -0.922. The Morgan fingerprint density at radius 3 is 2.56 bits per heavy atom. The fourth-order valence-electron chi connectivity index (χ4n) is 2.25. The molecular weight excluding hydrogens is 391 g/mol. The van der Waals surface area contributed by atoms with E-state index in [4.69, 9.17) is 11.6 Å². The summed E-state index contributed by atoms with van der Waals surface area (Å²) in [6.45, 7) is 7.46. The Balaban J connectivity index is 0.00000126. The van der Waals surface area contributed by atoms with Crippen LogP contribution in [-0.2, 0) is 0 Å². The molecule has 3 rings (SSSR count). The van der Waals surface area contributed by atoms with Gasteiger partial charge >= 0.3 is 0 Å². The van der Waals surface area contributed by atoms with Gasteiger partial charge < -0.3 is 5.21 Å². The molecule has 1 N–H and O–H groups in total. The first-order valence-electron chi connectivity index (χ1n) is 7.90. The largest absolute Gasteiger partial charge is 0.408 e. The van der Waals surface area contributed by atoms with Gasteiger partial charge in [-0.05, 0) is 48.0 Å². The molecule has 2 aromatic heterocycles. The summed E-state index contributed by atoms with van der Waals surface area (Å²) in [5, 5.41) is 12.5. The van der Waals surface area contributed by atoms with Gasteiger partial charge in [0.25, 0.3) is 5.91 Å². The van der Waals surface area contributed by atoms with E-state index in [1.807, 2.05) is 13.8 Å². The molecule has 0 spiro atoms. The third kappa shape index (κ3) is 4.29. The average Bonchev–Trinajstić information content (AvgIpc) is 3.09. The van der Waals surface area contributed by atoms with E-state index in [1.165, 1.54) is 35.0 Å². The molecular formula is C18H16ClFN4O2S. The maximum atomic E-state index is 13.3. The molecule has 140 valence electrons. The minimum atomic E-state index is -0.505. The van der Waals surface area contributed by atoms with Gasteiger partial charge in [0.1, 0.15) is 5.82 Å². The van der Waals surface area contributed by atoms with E-state index in [9.17, 15) is 14.4 Å². The Kier molecular flexibility index (Phi) is 6.98. The van der Waals surface area contributed by atoms with E-state index < -0.39 is 11.7 Å². The smallest absolute Gasteiger partial charge is 0.256 e. The van der Waals surface area contributed by atoms with Crippen LogP contribution in [-0.4, -0.2) is 25.6 Å². The number of nitrogens with zero attached hydrogens (tertiary/aromatic N) is 4. The standard InChI is InChI=1S/C16H10ClFN4O2S.C2H6/c1-2-12(23)22-13(9-3-5-10(18)6-4-9)14(25-16(22)21-24)11-7-8-19-15(17)20-11;1-2/h2-8,24H,1H2;1-2H3/b21-16+;. The minimum Gasteiger partial charge on any atom is -0.408 e. The molecule has 0 saturated carbocycles. The highest BCUT2D eigenvalue weighted by Crippen LogP contribution is 2.34.